The summed E-state index contributed by atoms with van der Waals surface area (Å²) in [6.07, 6.45) is 7.55. The zero-order valence-corrected chi connectivity index (χ0v) is 17.7. The summed E-state index contributed by atoms with van der Waals surface area (Å²) in [6.45, 7) is 0.793. The molecule has 2 aromatic rings. The van der Waals surface area contributed by atoms with Crippen LogP contribution in [0.4, 0.5) is 10.5 Å². The van der Waals surface area contributed by atoms with Crippen LogP contribution in [0.15, 0.2) is 33.5 Å². The van der Waals surface area contributed by atoms with Crippen molar-refractivity contribution in [2.75, 3.05) is 18.5 Å². The van der Waals surface area contributed by atoms with E-state index in [1.165, 1.54) is 34.4 Å². The van der Waals surface area contributed by atoms with Crippen LogP contribution in [0.1, 0.15) is 35.1 Å². The van der Waals surface area contributed by atoms with Gasteiger partial charge in [-0.1, -0.05) is 10.4 Å². The molecule has 1 aliphatic heterocycles. The Balaban J connectivity index is 1.45. The molecule has 0 bridgehead atoms. The van der Waals surface area contributed by atoms with Crippen LogP contribution in [0, 0.1) is 11.5 Å². The molecule has 2 aliphatic carbocycles. The minimum Gasteiger partial charge on any atom is -0.486 e. The van der Waals surface area contributed by atoms with E-state index in [2.05, 4.69) is 20.5 Å². The van der Waals surface area contributed by atoms with E-state index < -0.39 is 15.9 Å². The summed E-state index contributed by atoms with van der Waals surface area (Å²) < 4.78 is 30.5. The van der Waals surface area contributed by atoms with Gasteiger partial charge in [-0.3, -0.25) is 0 Å². The lowest BCUT2D eigenvalue weighted by molar-refractivity contribution is 0.171. The first-order valence-electron chi connectivity index (χ1n) is 10.4. The zero-order chi connectivity index (χ0) is 21.4. The maximum atomic E-state index is 13.5. The maximum absolute atomic E-state index is 13.5. The number of carbonyl (C=O) groups excluding carboxylic acids is 1. The predicted molar refractivity (Wildman–Crippen MR) is 115 cm³/mol. The van der Waals surface area contributed by atoms with Gasteiger partial charge in [-0.25, -0.2) is 13.7 Å². The minimum absolute atomic E-state index is 0.178. The number of urea groups is 1. The van der Waals surface area contributed by atoms with Gasteiger partial charge in [0.05, 0.1) is 4.90 Å². The first-order chi connectivity index (χ1) is 15.1. The molecule has 0 aromatic heterocycles. The number of nitriles is 1. The summed E-state index contributed by atoms with van der Waals surface area (Å²) in [5.74, 6) is 0.930. The van der Waals surface area contributed by atoms with Crippen molar-refractivity contribution in [1.29, 1.82) is 5.26 Å². The molecule has 2 N–H and O–H groups in total. The third-order valence-electron chi connectivity index (χ3n) is 5.95. The minimum atomic E-state index is -3.53. The van der Waals surface area contributed by atoms with Crippen molar-refractivity contribution < 1.29 is 18.5 Å². The second-order valence-electron chi connectivity index (χ2n) is 7.81. The number of rotatable bonds is 3. The lowest BCUT2D eigenvalue weighted by Gasteiger charge is -2.20. The smallest absolute Gasteiger partial charge is 0.331 e. The van der Waals surface area contributed by atoms with E-state index in [1.807, 2.05) is 0 Å². The highest BCUT2D eigenvalue weighted by molar-refractivity contribution is 7.92. The van der Waals surface area contributed by atoms with E-state index in [4.69, 9.17) is 14.7 Å². The molecule has 0 spiro atoms. The molecule has 1 atom stereocenters. The number of ether oxygens (including phenoxy) is 2. The van der Waals surface area contributed by atoms with E-state index >= 15 is 0 Å². The second kappa shape index (κ2) is 7.78. The Kier molecular flexibility index (Phi) is 4.94. The Bertz CT molecular complexity index is 1210. The second-order valence-corrected chi connectivity index (χ2v) is 9.72. The highest BCUT2D eigenvalue weighted by Crippen LogP contribution is 2.38. The number of fused-ring (bicyclic) bond motifs is 3. The van der Waals surface area contributed by atoms with Crippen molar-refractivity contribution in [2.24, 2.45) is 4.36 Å². The lowest BCUT2D eigenvalue weighted by Crippen LogP contribution is -2.35. The van der Waals surface area contributed by atoms with Gasteiger partial charge in [0, 0.05) is 11.8 Å². The normalized spacial score (nSPS) is 17.6. The van der Waals surface area contributed by atoms with Crippen molar-refractivity contribution >= 4 is 21.6 Å². The maximum Gasteiger partial charge on any atom is 0.331 e. The van der Waals surface area contributed by atoms with Crippen LogP contribution in [0.25, 0.3) is 0 Å². The summed E-state index contributed by atoms with van der Waals surface area (Å²) >= 11 is 0. The molecule has 0 saturated carbocycles. The Morgan fingerprint density at radius 3 is 2.35 bits per heavy atom. The van der Waals surface area contributed by atoms with Crippen molar-refractivity contribution in [2.45, 2.75) is 43.4 Å². The molecule has 9 heteroatoms. The number of carbonyl (C=O) groups is 1. The third kappa shape index (κ3) is 3.57. The molecule has 8 nitrogen and oxygen atoms in total. The summed E-state index contributed by atoms with van der Waals surface area (Å²) in [4.78, 5) is 13.1. The number of anilines is 1. The van der Waals surface area contributed by atoms with Crippen LogP contribution < -0.4 is 19.5 Å². The van der Waals surface area contributed by atoms with E-state index in [9.17, 15) is 9.00 Å². The van der Waals surface area contributed by atoms with Crippen molar-refractivity contribution in [3.63, 3.8) is 0 Å². The van der Waals surface area contributed by atoms with E-state index in [1.54, 1.807) is 12.3 Å². The van der Waals surface area contributed by atoms with Crippen LogP contribution in [-0.2, 0) is 35.6 Å². The molecule has 0 fully saturated rings. The number of hydrogen-bond donors (Lipinski definition) is 2. The van der Waals surface area contributed by atoms with Crippen molar-refractivity contribution in [1.82, 2.24) is 4.72 Å². The van der Waals surface area contributed by atoms with Gasteiger partial charge < -0.3 is 14.8 Å². The molecule has 2 amide bonds. The quantitative estimate of drug-likeness (QED) is 0.713. The fourth-order valence-electron chi connectivity index (χ4n) is 4.62. The third-order valence-corrected chi connectivity index (χ3v) is 7.64. The molecular formula is C22H22N4O4S. The number of hydrogen-bond acceptors (Lipinski definition) is 6. The van der Waals surface area contributed by atoms with Gasteiger partial charge in [0.2, 0.25) is 6.19 Å². The fraction of sp³-hybridized carbons (Fsp3) is 0.364. The van der Waals surface area contributed by atoms with Crippen LogP contribution >= 0.6 is 0 Å². The van der Waals surface area contributed by atoms with E-state index in [0.717, 1.165) is 44.2 Å². The molecule has 0 radical (unpaired) electrons. The molecule has 31 heavy (non-hydrogen) atoms. The average molecular weight is 439 g/mol. The number of nitrogens with one attached hydrogen (secondary N) is 2. The van der Waals surface area contributed by atoms with Gasteiger partial charge >= 0.3 is 6.03 Å². The first kappa shape index (κ1) is 19.7. The lowest BCUT2D eigenvalue weighted by atomic mass is 9.99. The van der Waals surface area contributed by atoms with Gasteiger partial charge in [-0.05, 0) is 72.9 Å². The van der Waals surface area contributed by atoms with Crippen molar-refractivity contribution in [3.8, 4) is 17.7 Å². The van der Waals surface area contributed by atoms with Gasteiger partial charge in [-0.15, -0.1) is 0 Å². The zero-order valence-electron chi connectivity index (χ0n) is 16.9. The average Bonchev–Trinajstić information content (AvgIpc) is 3.42. The highest BCUT2D eigenvalue weighted by Gasteiger charge is 2.26. The standard InChI is InChI=1S/C22H22N4O4S/c23-13-24-31(28,16-7-8-19-20(12-16)30-10-9-29-19)26-22(27)25-21-17-5-1-3-14(17)11-15-4-2-6-18(15)21/h7-8,11-12H,1-6,9-10H2,(H2,24,25,26,27,28). The Morgan fingerprint density at radius 2 is 1.68 bits per heavy atom. The highest BCUT2D eigenvalue weighted by atomic mass is 32.2. The largest absolute Gasteiger partial charge is 0.486 e. The van der Waals surface area contributed by atoms with Gasteiger partial charge in [0.1, 0.15) is 13.2 Å². The molecule has 3 aliphatic rings. The fourth-order valence-corrected chi connectivity index (χ4v) is 5.83. The topological polar surface area (TPSA) is 113 Å². The molecule has 160 valence electrons. The molecule has 5 rings (SSSR count). The van der Waals surface area contributed by atoms with Gasteiger partial charge in [-0.2, -0.15) is 5.26 Å². The molecule has 1 heterocycles. The summed E-state index contributed by atoms with van der Waals surface area (Å²) in [7, 11) is -3.53. The van der Waals surface area contributed by atoms with E-state index in [-0.39, 0.29) is 4.90 Å². The van der Waals surface area contributed by atoms with E-state index in [0.29, 0.717) is 24.7 Å². The molecule has 2 aromatic carbocycles. The molecular weight excluding hydrogens is 416 g/mol. The SMILES string of the molecule is N#CN=S(=O)(NC(=O)Nc1c2c(cc3c1CCC3)CCC2)c1ccc2c(c1)OCCO2. The summed E-state index contributed by atoms with van der Waals surface area (Å²) in [5.41, 5.74) is 5.73. The number of aryl methyl sites for hydroxylation is 2. The van der Waals surface area contributed by atoms with Crippen molar-refractivity contribution in [3.05, 3.63) is 46.5 Å². The monoisotopic (exact) mass is 438 g/mol. The Labute approximate surface area is 180 Å². The summed E-state index contributed by atoms with van der Waals surface area (Å²) in [6, 6.07) is 6.25. The van der Waals surface area contributed by atoms with Crippen LogP contribution in [0.5, 0.6) is 11.5 Å². The summed E-state index contributed by atoms with van der Waals surface area (Å²) in [5, 5.41) is 12.1. The molecule has 0 saturated heterocycles. The van der Waals surface area contributed by atoms with Gasteiger partial charge in [0.25, 0.3) is 0 Å². The Morgan fingerprint density at radius 1 is 1.00 bits per heavy atom. The van der Waals surface area contributed by atoms with Crippen LogP contribution in [0.2, 0.25) is 0 Å². The number of benzene rings is 2. The van der Waals surface area contributed by atoms with Crippen LogP contribution in [0.3, 0.4) is 0 Å². The Hall–Kier alpha value is -3.25. The number of nitrogens with zero attached hydrogens (tertiary/aromatic N) is 2. The van der Waals surface area contributed by atoms with Crippen LogP contribution in [-0.4, -0.2) is 23.5 Å². The molecule has 1 unspecified atom stereocenters. The van der Waals surface area contributed by atoms with Gasteiger partial charge in [0.15, 0.2) is 21.4 Å². The number of amides is 2. The first-order valence-corrected chi connectivity index (χ1v) is 11.9. The predicted octanol–water partition coefficient (Wildman–Crippen LogP) is 3.48.